The second-order valence-corrected chi connectivity index (χ2v) is 6.85. The van der Waals surface area contributed by atoms with E-state index in [0.717, 1.165) is 0 Å². The highest BCUT2D eigenvalue weighted by molar-refractivity contribution is 9.10. The fraction of sp³-hybridized carbons (Fsp3) is 0.400. The first kappa shape index (κ1) is 13.4. The zero-order chi connectivity index (χ0) is 13.3. The van der Waals surface area contributed by atoms with E-state index in [0.29, 0.717) is 17.6 Å². The first-order valence-electron chi connectivity index (χ1n) is 5.26. The third kappa shape index (κ3) is 2.55. The topological polar surface area (TPSA) is 70.6 Å². The Kier molecular flexibility index (Phi) is 3.69. The summed E-state index contributed by atoms with van der Waals surface area (Å²) in [6.07, 6.45) is 2.79. The minimum Gasteiger partial charge on any atom is -0.343 e. The van der Waals surface area contributed by atoms with Gasteiger partial charge in [0, 0.05) is 37.0 Å². The molecule has 0 N–H and O–H groups in total. The fourth-order valence-electron chi connectivity index (χ4n) is 1.62. The fourth-order valence-corrected chi connectivity index (χ4v) is 3.51. The van der Waals surface area contributed by atoms with Gasteiger partial charge in [-0.3, -0.25) is 9.78 Å². The van der Waals surface area contributed by atoms with E-state index in [1.54, 1.807) is 7.05 Å². The lowest BCUT2D eigenvalue weighted by atomic mass is 10.4. The lowest BCUT2D eigenvalue weighted by Gasteiger charge is -2.31. The summed E-state index contributed by atoms with van der Waals surface area (Å²) in [5.41, 5.74) is 0. The Morgan fingerprint density at radius 3 is 2.67 bits per heavy atom. The summed E-state index contributed by atoms with van der Waals surface area (Å²) in [5, 5.41) is 0. The van der Waals surface area contributed by atoms with Crippen LogP contribution in [0, 0.1) is 0 Å². The van der Waals surface area contributed by atoms with Gasteiger partial charge in [0.15, 0.2) is 0 Å². The molecule has 2 heterocycles. The second kappa shape index (κ2) is 4.94. The number of rotatable bonds is 2. The van der Waals surface area contributed by atoms with Crippen molar-refractivity contribution in [2.45, 2.75) is 4.90 Å². The average Bonchev–Trinajstić information content (AvgIpc) is 2.32. The van der Waals surface area contributed by atoms with E-state index in [1.165, 1.54) is 27.7 Å². The summed E-state index contributed by atoms with van der Waals surface area (Å²) in [6, 6.07) is 1.48. The first-order chi connectivity index (χ1) is 8.41. The molecule has 0 unspecified atom stereocenters. The van der Waals surface area contributed by atoms with E-state index >= 15 is 0 Å². The van der Waals surface area contributed by atoms with Crippen molar-refractivity contribution in [1.82, 2.24) is 14.2 Å². The molecule has 0 saturated carbocycles. The molecule has 1 aliphatic rings. The van der Waals surface area contributed by atoms with Crippen LogP contribution in [0.1, 0.15) is 0 Å². The Hall–Kier alpha value is -0.990. The van der Waals surface area contributed by atoms with Gasteiger partial charge in [-0.2, -0.15) is 4.31 Å². The number of sulfonamides is 1. The van der Waals surface area contributed by atoms with Crippen LogP contribution in [-0.2, 0) is 14.8 Å². The molecule has 1 aromatic heterocycles. The van der Waals surface area contributed by atoms with E-state index in [-0.39, 0.29) is 17.3 Å². The van der Waals surface area contributed by atoms with Crippen molar-refractivity contribution in [3.63, 3.8) is 0 Å². The monoisotopic (exact) mass is 333 g/mol. The standard InChI is InChI=1S/C10H12BrN3O3S/c1-13-2-3-14(7-10(13)15)18(16,17)9-4-8(11)5-12-6-9/h4-6H,2-3,7H2,1H3. The highest BCUT2D eigenvalue weighted by atomic mass is 79.9. The molecule has 0 spiro atoms. The highest BCUT2D eigenvalue weighted by Crippen LogP contribution is 2.19. The lowest BCUT2D eigenvalue weighted by molar-refractivity contribution is -0.132. The Balaban J connectivity index is 2.30. The minimum atomic E-state index is -3.65. The Bertz CT molecular complexity index is 575. The summed E-state index contributed by atoms with van der Waals surface area (Å²) in [5.74, 6) is -0.201. The van der Waals surface area contributed by atoms with Crippen molar-refractivity contribution < 1.29 is 13.2 Å². The summed E-state index contributed by atoms with van der Waals surface area (Å²) < 4.78 is 26.3. The number of amides is 1. The first-order valence-corrected chi connectivity index (χ1v) is 7.49. The molecule has 6 nitrogen and oxygen atoms in total. The Morgan fingerprint density at radius 1 is 1.33 bits per heavy atom. The minimum absolute atomic E-state index is 0.0919. The molecule has 1 amide bonds. The van der Waals surface area contributed by atoms with E-state index < -0.39 is 10.0 Å². The highest BCUT2D eigenvalue weighted by Gasteiger charge is 2.31. The molecule has 1 saturated heterocycles. The number of carbonyl (C=O) groups is 1. The van der Waals surface area contributed by atoms with Crippen molar-refractivity contribution in [2.24, 2.45) is 0 Å². The number of nitrogens with zero attached hydrogens (tertiary/aromatic N) is 3. The van der Waals surface area contributed by atoms with Gasteiger partial charge in [0.1, 0.15) is 4.90 Å². The largest absolute Gasteiger partial charge is 0.343 e. The molecule has 2 rings (SSSR count). The van der Waals surface area contributed by atoms with Crippen LogP contribution < -0.4 is 0 Å². The van der Waals surface area contributed by atoms with Gasteiger partial charge in [-0.05, 0) is 22.0 Å². The van der Waals surface area contributed by atoms with Crippen LogP contribution in [0.2, 0.25) is 0 Å². The smallest absolute Gasteiger partial charge is 0.245 e. The van der Waals surface area contributed by atoms with Gasteiger partial charge in [-0.25, -0.2) is 8.42 Å². The van der Waals surface area contributed by atoms with Crippen molar-refractivity contribution in [3.05, 3.63) is 22.9 Å². The Labute approximate surface area is 114 Å². The number of halogens is 1. The van der Waals surface area contributed by atoms with Crippen LogP contribution in [0.4, 0.5) is 0 Å². The van der Waals surface area contributed by atoms with Gasteiger partial charge in [0.25, 0.3) is 0 Å². The van der Waals surface area contributed by atoms with Crippen LogP contribution >= 0.6 is 15.9 Å². The SMILES string of the molecule is CN1CCN(S(=O)(=O)c2cncc(Br)c2)CC1=O. The molecule has 1 fully saturated rings. The molecule has 0 atom stereocenters. The van der Waals surface area contributed by atoms with Gasteiger partial charge < -0.3 is 4.90 Å². The molecule has 8 heteroatoms. The second-order valence-electron chi connectivity index (χ2n) is 3.99. The predicted octanol–water partition coefficient (Wildman–Crippen LogP) is 0.307. The van der Waals surface area contributed by atoms with Crippen LogP contribution in [0.25, 0.3) is 0 Å². The molecule has 1 aromatic rings. The summed E-state index contributed by atoms with van der Waals surface area (Å²) in [4.78, 5) is 17.0. The number of pyridine rings is 1. The molecule has 0 radical (unpaired) electrons. The van der Waals surface area contributed by atoms with Crippen LogP contribution in [0.15, 0.2) is 27.8 Å². The number of carbonyl (C=O) groups excluding carboxylic acids is 1. The summed E-state index contributed by atoms with van der Waals surface area (Å²) in [7, 11) is -1.99. The number of aromatic nitrogens is 1. The van der Waals surface area contributed by atoms with Crippen LogP contribution in [0.5, 0.6) is 0 Å². The van der Waals surface area contributed by atoms with Gasteiger partial charge >= 0.3 is 0 Å². The third-order valence-electron chi connectivity index (χ3n) is 2.74. The molecular formula is C10H12BrN3O3S. The van der Waals surface area contributed by atoms with E-state index in [2.05, 4.69) is 20.9 Å². The maximum absolute atomic E-state index is 12.3. The zero-order valence-corrected chi connectivity index (χ0v) is 12.1. The number of piperazine rings is 1. The Morgan fingerprint density at radius 2 is 2.06 bits per heavy atom. The number of hydrogen-bond acceptors (Lipinski definition) is 4. The number of hydrogen-bond donors (Lipinski definition) is 0. The quantitative estimate of drug-likeness (QED) is 0.780. The lowest BCUT2D eigenvalue weighted by Crippen LogP contribution is -2.50. The summed E-state index contributed by atoms with van der Waals surface area (Å²) in [6.45, 7) is 0.585. The van der Waals surface area contributed by atoms with Gasteiger partial charge in [0.05, 0.1) is 6.54 Å². The van der Waals surface area contributed by atoms with Crippen LogP contribution in [0.3, 0.4) is 0 Å². The summed E-state index contributed by atoms with van der Waals surface area (Å²) >= 11 is 3.18. The molecule has 98 valence electrons. The molecule has 0 bridgehead atoms. The predicted molar refractivity (Wildman–Crippen MR) is 68.3 cm³/mol. The molecule has 0 aromatic carbocycles. The van der Waals surface area contributed by atoms with E-state index in [9.17, 15) is 13.2 Å². The van der Waals surface area contributed by atoms with Crippen molar-refractivity contribution in [2.75, 3.05) is 26.7 Å². The zero-order valence-electron chi connectivity index (χ0n) is 9.71. The van der Waals surface area contributed by atoms with Gasteiger partial charge in [-0.15, -0.1) is 0 Å². The molecule has 0 aliphatic carbocycles. The van der Waals surface area contributed by atoms with Gasteiger partial charge in [-0.1, -0.05) is 0 Å². The maximum Gasteiger partial charge on any atom is 0.245 e. The number of likely N-dealkylation sites (N-methyl/N-ethyl adjacent to an activating group) is 1. The van der Waals surface area contributed by atoms with Crippen molar-refractivity contribution >= 4 is 31.9 Å². The van der Waals surface area contributed by atoms with E-state index in [1.807, 2.05) is 0 Å². The van der Waals surface area contributed by atoms with Crippen LogP contribution in [-0.4, -0.2) is 55.2 Å². The van der Waals surface area contributed by atoms with Crippen molar-refractivity contribution in [3.8, 4) is 0 Å². The molecular weight excluding hydrogens is 322 g/mol. The van der Waals surface area contributed by atoms with Crippen molar-refractivity contribution in [1.29, 1.82) is 0 Å². The maximum atomic E-state index is 12.3. The molecule has 1 aliphatic heterocycles. The van der Waals surface area contributed by atoms with Gasteiger partial charge in [0.2, 0.25) is 15.9 Å². The molecule has 18 heavy (non-hydrogen) atoms. The third-order valence-corrected chi connectivity index (χ3v) is 4.98. The van der Waals surface area contributed by atoms with E-state index in [4.69, 9.17) is 0 Å². The average molecular weight is 334 g/mol. The normalized spacial score (nSPS) is 18.1.